The second kappa shape index (κ2) is 18.0. The van der Waals surface area contributed by atoms with Crippen molar-refractivity contribution < 1.29 is 33.8 Å². The van der Waals surface area contributed by atoms with E-state index >= 15 is 0 Å². The van der Waals surface area contributed by atoms with Gasteiger partial charge >= 0.3 is 5.97 Å². The van der Waals surface area contributed by atoms with Gasteiger partial charge in [-0.05, 0) is 84.3 Å². The summed E-state index contributed by atoms with van der Waals surface area (Å²) in [4.78, 5) is 56.2. The van der Waals surface area contributed by atoms with Crippen molar-refractivity contribution >= 4 is 24.1 Å². The average molecular weight is 691 g/mol. The Morgan fingerprint density at radius 3 is 1.37 bits per heavy atom. The molecular weight excluding hydrogens is 644 g/mol. The van der Waals surface area contributed by atoms with E-state index in [-0.39, 0.29) is 24.7 Å². The highest BCUT2D eigenvalue weighted by atomic mass is 16.5. The summed E-state index contributed by atoms with van der Waals surface area (Å²) in [5.74, 6) is -1.61. The predicted octanol–water partition coefficient (Wildman–Crippen LogP) is 7.99. The Morgan fingerprint density at radius 2 is 1.00 bits per heavy atom. The molecule has 4 aromatic carbocycles. The first-order chi connectivity index (χ1) is 24.8. The summed E-state index contributed by atoms with van der Waals surface area (Å²) in [6.07, 6.45) is 1.83. The zero-order chi connectivity index (χ0) is 36.2. The van der Waals surface area contributed by atoms with Crippen LogP contribution >= 0.6 is 0 Å². The molecule has 0 saturated heterocycles. The average Bonchev–Trinajstić information content (AvgIpc) is 3.13. The van der Waals surface area contributed by atoms with Crippen LogP contribution in [0.4, 0.5) is 0 Å². The molecule has 9 heteroatoms. The topological polar surface area (TPSA) is 113 Å². The van der Waals surface area contributed by atoms with E-state index in [1.807, 2.05) is 123 Å². The van der Waals surface area contributed by atoms with Crippen LogP contribution in [-0.2, 0) is 32.3 Å². The molecule has 2 amide bonds. The molecule has 5 rings (SSSR count). The van der Waals surface area contributed by atoms with Gasteiger partial charge in [0.05, 0.1) is 11.8 Å². The molecule has 0 aromatic heterocycles. The second-order valence-electron chi connectivity index (χ2n) is 13.0. The van der Waals surface area contributed by atoms with Crippen LogP contribution in [0, 0.1) is 23.7 Å². The number of hydrogen-bond donors (Lipinski definition) is 1. The number of amides is 2. The number of benzene rings is 4. The summed E-state index contributed by atoms with van der Waals surface area (Å²) in [7, 11) is 0. The van der Waals surface area contributed by atoms with Crippen LogP contribution < -0.4 is 9.47 Å². The highest BCUT2D eigenvalue weighted by Gasteiger charge is 2.58. The Labute approximate surface area is 299 Å². The largest absolute Gasteiger partial charge is 0.481 e. The second-order valence-corrected chi connectivity index (χ2v) is 13.0. The Hall–Kier alpha value is -5.44. The van der Waals surface area contributed by atoms with E-state index in [0.717, 1.165) is 23.2 Å². The number of carboxylic acids is 1. The molecule has 1 aliphatic rings. The maximum absolute atomic E-state index is 14.4. The Morgan fingerprint density at radius 1 is 0.608 bits per heavy atom. The molecule has 4 atom stereocenters. The minimum atomic E-state index is -1.06. The summed E-state index contributed by atoms with van der Waals surface area (Å²) in [6, 6.07) is 34.0. The number of ether oxygens (including phenoxy) is 2. The first kappa shape index (κ1) is 36.8. The van der Waals surface area contributed by atoms with E-state index in [1.54, 1.807) is 9.80 Å². The molecule has 0 heterocycles. The van der Waals surface area contributed by atoms with Gasteiger partial charge in [0.1, 0.15) is 29.3 Å². The van der Waals surface area contributed by atoms with Gasteiger partial charge in [-0.25, -0.2) is 0 Å². The maximum Gasteiger partial charge on any atom is 0.303 e. The van der Waals surface area contributed by atoms with Crippen molar-refractivity contribution in [1.29, 1.82) is 0 Å². The highest BCUT2D eigenvalue weighted by Crippen LogP contribution is 2.51. The van der Waals surface area contributed by atoms with Crippen LogP contribution in [0.3, 0.4) is 0 Å². The van der Waals surface area contributed by atoms with Crippen molar-refractivity contribution in [2.24, 2.45) is 23.7 Å². The van der Waals surface area contributed by atoms with Gasteiger partial charge in [-0.15, -0.1) is 0 Å². The van der Waals surface area contributed by atoms with E-state index in [2.05, 4.69) is 0 Å². The summed E-state index contributed by atoms with van der Waals surface area (Å²) >= 11 is 0. The molecule has 4 aromatic rings. The van der Waals surface area contributed by atoms with E-state index in [0.29, 0.717) is 56.3 Å². The lowest BCUT2D eigenvalue weighted by Gasteiger charge is -2.51. The number of carbonyl (C=O) groups is 4. The number of para-hydroxylation sites is 2. The molecule has 0 spiro atoms. The summed E-state index contributed by atoms with van der Waals surface area (Å²) in [6.45, 7) is 5.45. The number of aldehydes is 1. The predicted molar refractivity (Wildman–Crippen MR) is 194 cm³/mol. The Bertz CT molecular complexity index is 1730. The lowest BCUT2D eigenvalue weighted by molar-refractivity contribution is -0.171. The van der Waals surface area contributed by atoms with Gasteiger partial charge < -0.3 is 29.2 Å². The number of hydrogen-bond acceptors (Lipinski definition) is 6. The number of nitrogens with zero attached hydrogens (tertiary/aromatic N) is 2. The van der Waals surface area contributed by atoms with Crippen molar-refractivity contribution in [3.05, 3.63) is 120 Å². The zero-order valence-corrected chi connectivity index (χ0v) is 29.2. The molecule has 266 valence electrons. The van der Waals surface area contributed by atoms with E-state index in [9.17, 15) is 24.3 Å². The third kappa shape index (κ3) is 9.63. The number of rotatable bonds is 18. The fourth-order valence-corrected chi connectivity index (χ4v) is 7.02. The van der Waals surface area contributed by atoms with E-state index < -0.39 is 29.6 Å². The summed E-state index contributed by atoms with van der Waals surface area (Å²) < 4.78 is 11.9. The van der Waals surface area contributed by atoms with Crippen LogP contribution in [0.5, 0.6) is 23.0 Å². The lowest BCUT2D eigenvalue weighted by Crippen LogP contribution is -2.60. The maximum atomic E-state index is 14.4. The quantitative estimate of drug-likeness (QED) is 0.105. The molecular formula is C42H46N2O7. The third-order valence-electron chi connectivity index (χ3n) is 9.37. The third-order valence-corrected chi connectivity index (χ3v) is 9.37. The van der Waals surface area contributed by atoms with E-state index in [1.165, 1.54) is 0 Å². The molecule has 1 aliphatic carbocycles. The van der Waals surface area contributed by atoms with Crippen LogP contribution in [0.25, 0.3) is 0 Å². The summed E-state index contributed by atoms with van der Waals surface area (Å²) in [5, 5.41) is 9.84. The molecule has 1 N–H and O–H groups in total. The first-order valence-electron chi connectivity index (χ1n) is 17.7. The monoisotopic (exact) mass is 690 g/mol. The van der Waals surface area contributed by atoms with Crippen LogP contribution in [0.2, 0.25) is 0 Å². The van der Waals surface area contributed by atoms with Gasteiger partial charge in [-0.2, -0.15) is 0 Å². The van der Waals surface area contributed by atoms with Crippen molar-refractivity contribution in [1.82, 2.24) is 9.80 Å². The molecule has 0 unspecified atom stereocenters. The first-order valence-corrected chi connectivity index (χ1v) is 17.7. The van der Waals surface area contributed by atoms with Crippen LogP contribution in [-0.4, -0.2) is 52.1 Å². The normalized spacial score (nSPS) is 17.8. The lowest BCUT2D eigenvalue weighted by atomic mass is 9.53. The fourth-order valence-electron chi connectivity index (χ4n) is 7.02. The van der Waals surface area contributed by atoms with Crippen LogP contribution in [0.15, 0.2) is 109 Å². The fraction of sp³-hybridized carbons (Fsp3) is 0.333. The Kier molecular flexibility index (Phi) is 13.0. The number of carboxylic acid groups (broad SMARTS) is 1. The summed E-state index contributed by atoms with van der Waals surface area (Å²) in [5.41, 5.74) is 1.77. The zero-order valence-electron chi connectivity index (χ0n) is 29.2. The SMILES string of the molecule is CCCN(Cc1ccc(Oc2ccccc2)cc1)C(=O)[C@@H]1[C@H](CC=O)[C@@H](CC(=O)O)[C@H]1C(=O)N(CCC)Cc1ccc(Oc2ccccc2)cc1. The molecule has 51 heavy (non-hydrogen) atoms. The van der Waals surface area contributed by atoms with Crippen molar-refractivity contribution in [3.8, 4) is 23.0 Å². The highest BCUT2D eigenvalue weighted by molar-refractivity contribution is 5.91. The van der Waals surface area contributed by atoms with Gasteiger partial charge in [-0.3, -0.25) is 14.4 Å². The minimum absolute atomic E-state index is 0.0142. The number of aliphatic carboxylic acids is 1. The molecule has 9 nitrogen and oxygen atoms in total. The Balaban J connectivity index is 1.35. The van der Waals surface area contributed by atoms with Gasteiger partial charge in [0, 0.05) is 39.0 Å². The van der Waals surface area contributed by atoms with Crippen LogP contribution in [0.1, 0.15) is 50.7 Å². The molecule has 0 bridgehead atoms. The molecule has 1 fully saturated rings. The van der Waals surface area contributed by atoms with Gasteiger partial charge in [0.2, 0.25) is 11.8 Å². The standard InChI is InChI=1S/C42H46N2O7/c1-3-24-43(28-30-15-19-34(20-16-30)50-32-11-7-5-8-12-32)41(48)39-36(23-26-45)37(27-38(46)47)40(39)42(49)44(25-4-2)29-31-17-21-35(22-18-31)51-33-13-9-6-10-14-33/h5-22,26,36-37,39-40H,3-4,23-25,27-29H2,1-2H3,(H,46,47)/t36-,37-,39-,40-/m1/s1. The molecule has 0 aliphatic heterocycles. The smallest absolute Gasteiger partial charge is 0.303 e. The molecule has 0 radical (unpaired) electrons. The minimum Gasteiger partial charge on any atom is -0.481 e. The van der Waals surface area contributed by atoms with Gasteiger partial charge in [0.25, 0.3) is 0 Å². The van der Waals surface area contributed by atoms with Crippen molar-refractivity contribution in [2.45, 2.75) is 52.6 Å². The number of carbonyl (C=O) groups excluding carboxylic acids is 3. The van der Waals surface area contributed by atoms with E-state index in [4.69, 9.17) is 9.47 Å². The van der Waals surface area contributed by atoms with Crippen molar-refractivity contribution in [3.63, 3.8) is 0 Å². The molecule has 1 saturated carbocycles. The van der Waals surface area contributed by atoms with Gasteiger partial charge in [-0.1, -0.05) is 74.5 Å². The van der Waals surface area contributed by atoms with Crippen molar-refractivity contribution in [2.75, 3.05) is 13.1 Å². The van der Waals surface area contributed by atoms with Gasteiger partial charge in [0.15, 0.2) is 0 Å².